The number of allylic oxidation sites excluding steroid dienone is 1. The molecule has 1 spiro atoms. The lowest BCUT2D eigenvalue weighted by Crippen LogP contribution is -2.57. The molecule has 4 heterocycles. The molecule has 2 saturated heterocycles. The van der Waals surface area contributed by atoms with E-state index in [0.29, 0.717) is 19.7 Å². The monoisotopic (exact) mass is 476 g/mol. The minimum absolute atomic E-state index is 0.0351. The zero-order chi connectivity index (χ0) is 23.8. The van der Waals surface area contributed by atoms with E-state index in [9.17, 15) is 19.5 Å². The van der Waals surface area contributed by atoms with Crippen LogP contribution in [0.2, 0.25) is 0 Å². The van der Waals surface area contributed by atoms with Crippen molar-refractivity contribution in [2.45, 2.75) is 68.5 Å². The van der Waals surface area contributed by atoms with Gasteiger partial charge < -0.3 is 19.6 Å². The average molecular weight is 477 g/mol. The van der Waals surface area contributed by atoms with Gasteiger partial charge in [0.2, 0.25) is 11.8 Å². The second-order valence-electron chi connectivity index (χ2n) is 9.86. The first-order valence-electron chi connectivity index (χ1n) is 12.3. The van der Waals surface area contributed by atoms with Gasteiger partial charge in [0, 0.05) is 18.3 Å². The molecule has 0 aromatic rings. The van der Waals surface area contributed by atoms with E-state index in [0.717, 1.165) is 25.7 Å². The number of rotatable bonds is 6. The minimum atomic E-state index is -0.852. The molecule has 2 amide bonds. The highest BCUT2D eigenvalue weighted by Gasteiger charge is 2.71. The first-order chi connectivity index (χ1) is 15.9. The Morgan fingerprint density at radius 2 is 2.03 bits per heavy atom. The third kappa shape index (κ3) is 4.03. The van der Waals surface area contributed by atoms with Crippen LogP contribution in [0.25, 0.3) is 0 Å². The quantitative estimate of drug-likeness (QED) is 0.468. The number of nitrogens with zero attached hydrogens (tertiary/aromatic N) is 2. The number of likely N-dealkylation sites (tertiary alicyclic amines) is 1. The van der Waals surface area contributed by atoms with Gasteiger partial charge >= 0.3 is 5.97 Å². The van der Waals surface area contributed by atoms with E-state index < -0.39 is 28.7 Å². The largest absolute Gasteiger partial charge is 0.465 e. The van der Waals surface area contributed by atoms with Gasteiger partial charge in [0.05, 0.1) is 35.8 Å². The van der Waals surface area contributed by atoms with Gasteiger partial charge in [0.25, 0.3) is 0 Å². The number of unbranched alkanes of at least 4 members (excludes halogenated alkanes) is 1. The van der Waals surface area contributed by atoms with Gasteiger partial charge in [-0.3, -0.25) is 14.4 Å². The molecule has 6 atom stereocenters. The van der Waals surface area contributed by atoms with Crippen molar-refractivity contribution in [3.8, 4) is 0 Å². The molecule has 0 saturated carbocycles. The fourth-order valence-corrected chi connectivity index (χ4v) is 7.76. The van der Waals surface area contributed by atoms with Gasteiger partial charge in [-0.2, -0.15) is 0 Å². The van der Waals surface area contributed by atoms with Crippen LogP contribution in [-0.2, 0) is 19.1 Å². The normalized spacial score (nSPS) is 35.8. The summed E-state index contributed by atoms with van der Waals surface area (Å²) in [6.45, 7) is 7.23. The van der Waals surface area contributed by atoms with Crippen molar-refractivity contribution < 1.29 is 24.2 Å². The molecule has 182 valence electrons. The van der Waals surface area contributed by atoms with Crippen molar-refractivity contribution in [3.05, 3.63) is 24.3 Å². The summed E-state index contributed by atoms with van der Waals surface area (Å²) in [7, 11) is 0. The summed E-state index contributed by atoms with van der Waals surface area (Å²) in [5.41, 5.74) is 0. The smallest absolute Gasteiger partial charge is 0.311 e. The maximum atomic E-state index is 14.1. The molecule has 0 radical (unpaired) electrons. The van der Waals surface area contributed by atoms with Gasteiger partial charge in [-0.1, -0.05) is 51.5 Å². The first-order valence-corrected chi connectivity index (χ1v) is 13.2. The zero-order valence-electron chi connectivity index (χ0n) is 19.8. The van der Waals surface area contributed by atoms with Crippen molar-refractivity contribution in [2.24, 2.45) is 17.8 Å². The van der Waals surface area contributed by atoms with Crippen LogP contribution in [0.4, 0.5) is 0 Å². The molecule has 7 nitrogen and oxygen atoms in total. The number of hydrogen-bond acceptors (Lipinski definition) is 6. The number of thioether (sulfide) groups is 1. The van der Waals surface area contributed by atoms with E-state index in [2.05, 4.69) is 13.0 Å². The van der Waals surface area contributed by atoms with Crippen molar-refractivity contribution in [1.29, 1.82) is 0 Å². The molecular weight excluding hydrogens is 440 g/mol. The number of carbonyl (C=O) groups excluding carboxylic acids is 3. The summed E-state index contributed by atoms with van der Waals surface area (Å²) in [4.78, 5) is 44.8. The van der Waals surface area contributed by atoms with Crippen molar-refractivity contribution in [3.63, 3.8) is 0 Å². The Morgan fingerprint density at radius 1 is 1.24 bits per heavy atom. The van der Waals surface area contributed by atoms with Crippen LogP contribution in [0.5, 0.6) is 0 Å². The molecule has 1 unspecified atom stereocenters. The molecular formula is C25H36N2O5S. The summed E-state index contributed by atoms with van der Waals surface area (Å²) in [5.74, 6) is -2.02. The molecule has 0 aliphatic carbocycles. The van der Waals surface area contributed by atoms with Crippen molar-refractivity contribution in [2.75, 3.05) is 26.3 Å². The Balaban J connectivity index is 1.83. The van der Waals surface area contributed by atoms with Crippen LogP contribution in [0.3, 0.4) is 0 Å². The molecule has 4 rings (SSSR count). The highest BCUT2D eigenvalue weighted by atomic mass is 32.2. The molecule has 4 aliphatic rings. The number of fused-ring (bicyclic) bond motifs is 2. The van der Waals surface area contributed by atoms with Crippen molar-refractivity contribution >= 4 is 29.5 Å². The second-order valence-corrected chi connectivity index (χ2v) is 11.3. The number of esters is 1. The molecule has 33 heavy (non-hydrogen) atoms. The van der Waals surface area contributed by atoms with Crippen LogP contribution in [0.1, 0.15) is 46.5 Å². The molecule has 0 aromatic carbocycles. The Morgan fingerprint density at radius 3 is 2.73 bits per heavy atom. The average Bonchev–Trinajstić information content (AvgIpc) is 3.19. The molecule has 1 N–H and O–H groups in total. The van der Waals surface area contributed by atoms with E-state index in [1.54, 1.807) is 16.7 Å². The molecule has 0 aromatic heterocycles. The van der Waals surface area contributed by atoms with Crippen LogP contribution in [-0.4, -0.2) is 81.1 Å². The summed E-state index contributed by atoms with van der Waals surface area (Å²) in [6, 6.07) is -1.23. The van der Waals surface area contributed by atoms with E-state index >= 15 is 0 Å². The topological polar surface area (TPSA) is 87.2 Å². The number of cyclic esters (lactones) is 1. The minimum Gasteiger partial charge on any atom is -0.465 e. The first kappa shape index (κ1) is 24.3. The fourth-order valence-electron chi connectivity index (χ4n) is 5.77. The highest BCUT2D eigenvalue weighted by molar-refractivity contribution is 8.02. The van der Waals surface area contributed by atoms with Gasteiger partial charge in [-0.15, -0.1) is 11.8 Å². The number of carbonyl (C=O) groups is 3. The molecule has 4 aliphatic heterocycles. The summed E-state index contributed by atoms with van der Waals surface area (Å²) >= 11 is 1.56. The lowest BCUT2D eigenvalue weighted by molar-refractivity contribution is -0.154. The Labute approximate surface area is 200 Å². The summed E-state index contributed by atoms with van der Waals surface area (Å²) in [5, 5.41) is 10.0. The Hall–Kier alpha value is -1.80. The summed E-state index contributed by atoms with van der Waals surface area (Å²) < 4.78 is 4.73. The van der Waals surface area contributed by atoms with Gasteiger partial charge in [0.15, 0.2) is 0 Å². The van der Waals surface area contributed by atoms with Crippen LogP contribution < -0.4 is 0 Å². The number of hydrogen-bond donors (Lipinski definition) is 1. The SMILES string of the molecule is CCCCN1CC=C[C@]23S[C@@H]4/C=C\CCCOC(=O)[C@@H]4[C@H]2C(=O)N([C@@H](CO)C(C)C)C3C1=O. The van der Waals surface area contributed by atoms with Gasteiger partial charge in [-0.05, 0) is 25.2 Å². The fraction of sp³-hybridized carbons (Fsp3) is 0.720. The maximum Gasteiger partial charge on any atom is 0.311 e. The zero-order valence-corrected chi connectivity index (χ0v) is 20.6. The third-order valence-electron chi connectivity index (χ3n) is 7.47. The Bertz CT molecular complexity index is 843. The number of aliphatic hydroxyl groups is 1. The van der Waals surface area contributed by atoms with Gasteiger partial charge in [0.1, 0.15) is 6.04 Å². The predicted octanol–water partition coefficient (Wildman–Crippen LogP) is 2.39. The van der Waals surface area contributed by atoms with Crippen LogP contribution >= 0.6 is 11.8 Å². The number of amides is 2. The summed E-state index contributed by atoms with van der Waals surface area (Å²) in [6.07, 6.45) is 11.5. The molecule has 8 heteroatoms. The number of aliphatic hydroxyl groups excluding tert-OH is 1. The van der Waals surface area contributed by atoms with E-state index in [-0.39, 0.29) is 35.6 Å². The van der Waals surface area contributed by atoms with Crippen LogP contribution in [0.15, 0.2) is 24.3 Å². The van der Waals surface area contributed by atoms with Crippen molar-refractivity contribution in [1.82, 2.24) is 9.80 Å². The van der Waals surface area contributed by atoms with E-state index in [1.807, 2.05) is 37.0 Å². The van der Waals surface area contributed by atoms with E-state index in [4.69, 9.17) is 4.74 Å². The maximum absolute atomic E-state index is 14.1. The van der Waals surface area contributed by atoms with Gasteiger partial charge in [-0.25, -0.2) is 0 Å². The number of ether oxygens (including phenoxy) is 1. The van der Waals surface area contributed by atoms with Crippen LogP contribution in [0, 0.1) is 17.8 Å². The standard InChI is InChI=1S/C25H36N2O5S/c1-4-5-12-26-13-9-11-25-20(19-18(33-25)10-7-6-8-14-32-24(19)31)22(29)27(21(25)23(26)30)17(15-28)16(2)3/h7,9-11,16-21,28H,4-6,8,12-15H2,1-3H3/b10-7-/t17-,18+,19-,20-,21?,25-/m0/s1. The lowest BCUT2D eigenvalue weighted by Gasteiger charge is -2.39. The Kier molecular flexibility index (Phi) is 7.24. The lowest BCUT2D eigenvalue weighted by atomic mass is 9.78. The second kappa shape index (κ2) is 9.82. The molecule has 2 fully saturated rings. The highest BCUT2D eigenvalue weighted by Crippen LogP contribution is 2.61. The predicted molar refractivity (Wildman–Crippen MR) is 127 cm³/mol. The third-order valence-corrected chi connectivity index (χ3v) is 9.21. The molecule has 0 bridgehead atoms. The van der Waals surface area contributed by atoms with E-state index in [1.165, 1.54) is 0 Å².